The molecule has 0 heterocycles. The Morgan fingerprint density at radius 2 is 1.86 bits per heavy atom. The Hall–Kier alpha value is -2.49. The Kier molecular flexibility index (Phi) is 5.04. The van der Waals surface area contributed by atoms with Gasteiger partial charge in [0, 0.05) is 5.57 Å². The van der Waals surface area contributed by atoms with E-state index in [0.29, 0.717) is 22.6 Å². The average Bonchev–Trinajstić information content (AvgIpc) is 2.48. The highest BCUT2D eigenvalue weighted by atomic mass is 16.5. The van der Waals surface area contributed by atoms with Crippen molar-refractivity contribution in [2.45, 2.75) is 20.8 Å². The van der Waals surface area contributed by atoms with Crippen molar-refractivity contribution in [3.63, 3.8) is 0 Å². The molecule has 1 aliphatic rings. The lowest BCUT2D eigenvalue weighted by Gasteiger charge is -2.15. The summed E-state index contributed by atoms with van der Waals surface area (Å²) in [6.45, 7) is 5.53. The second-order valence-electron chi connectivity index (χ2n) is 5.44. The van der Waals surface area contributed by atoms with Crippen LogP contribution in [-0.2, 0) is 9.59 Å². The molecule has 1 aliphatic carbocycles. The fourth-order valence-corrected chi connectivity index (χ4v) is 2.09. The van der Waals surface area contributed by atoms with E-state index in [0.717, 1.165) is 0 Å². The first-order valence-corrected chi connectivity index (χ1v) is 7.21. The zero-order valence-electron chi connectivity index (χ0n) is 13.0. The molecular weight excluding hydrogens is 278 g/mol. The Morgan fingerprint density at radius 1 is 1.18 bits per heavy atom. The molecule has 114 valence electrons. The molecule has 1 aromatic rings. The van der Waals surface area contributed by atoms with Crippen molar-refractivity contribution in [3.05, 3.63) is 53.6 Å². The van der Waals surface area contributed by atoms with E-state index >= 15 is 0 Å². The van der Waals surface area contributed by atoms with E-state index in [1.807, 2.05) is 32.0 Å². The van der Waals surface area contributed by atoms with E-state index in [9.17, 15) is 9.59 Å². The average molecular weight is 297 g/mol. The van der Waals surface area contributed by atoms with Gasteiger partial charge in [0.25, 0.3) is 5.91 Å². The molecule has 0 unspecified atom stereocenters. The largest absolute Gasteiger partial charge is 0.484 e. The number of carbonyl (C=O) groups excluding carboxylic acids is 2. The topological polar surface area (TPSA) is 55.7 Å². The molecule has 0 saturated carbocycles. The van der Waals surface area contributed by atoms with Crippen LogP contribution >= 0.6 is 0 Å². The molecule has 0 spiro atoms. The van der Waals surface area contributed by atoms with E-state index in [1.165, 1.54) is 6.08 Å². The first-order valence-electron chi connectivity index (χ1n) is 7.21. The first-order chi connectivity index (χ1) is 10.5. The van der Waals surface area contributed by atoms with Gasteiger partial charge in [0.1, 0.15) is 5.75 Å². The Labute approximate surface area is 130 Å². The van der Waals surface area contributed by atoms with Crippen molar-refractivity contribution in [2.75, 3.05) is 6.61 Å². The third-order valence-electron chi connectivity index (χ3n) is 3.30. The molecule has 2 rings (SSSR count). The summed E-state index contributed by atoms with van der Waals surface area (Å²) in [5, 5.41) is 0. The highest BCUT2D eigenvalue weighted by molar-refractivity contribution is 6.23. The van der Waals surface area contributed by atoms with E-state index in [-0.39, 0.29) is 24.2 Å². The smallest absolute Gasteiger partial charge is 0.284 e. The number of hydrogen-bond acceptors (Lipinski definition) is 3. The highest BCUT2D eigenvalue weighted by Crippen LogP contribution is 2.19. The van der Waals surface area contributed by atoms with Gasteiger partial charge in [0.2, 0.25) is 0 Å². The SMILES string of the molecule is CC1=CC(=O)C(C(C)C)=CC1=NC(=O)COc1ccccc1. The Balaban J connectivity index is 2.09. The zero-order valence-corrected chi connectivity index (χ0v) is 13.0. The lowest BCUT2D eigenvalue weighted by Crippen LogP contribution is -2.18. The Morgan fingerprint density at radius 3 is 2.50 bits per heavy atom. The van der Waals surface area contributed by atoms with Gasteiger partial charge in [0.05, 0.1) is 5.71 Å². The molecule has 1 aromatic carbocycles. The molecule has 0 atom stereocenters. The van der Waals surface area contributed by atoms with Crippen LogP contribution in [0.3, 0.4) is 0 Å². The fraction of sp³-hybridized carbons (Fsp3) is 0.278. The summed E-state index contributed by atoms with van der Waals surface area (Å²) in [7, 11) is 0. The van der Waals surface area contributed by atoms with Crippen LogP contribution in [0.15, 0.2) is 58.6 Å². The molecule has 4 nitrogen and oxygen atoms in total. The zero-order chi connectivity index (χ0) is 16.1. The van der Waals surface area contributed by atoms with Crippen molar-refractivity contribution in [1.82, 2.24) is 0 Å². The van der Waals surface area contributed by atoms with Crippen molar-refractivity contribution in [3.8, 4) is 5.75 Å². The van der Waals surface area contributed by atoms with Crippen LogP contribution < -0.4 is 4.74 Å². The number of rotatable bonds is 4. The van der Waals surface area contributed by atoms with Gasteiger partial charge in [-0.15, -0.1) is 0 Å². The monoisotopic (exact) mass is 297 g/mol. The summed E-state index contributed by atoms with van der Waals surface area (Å²) >= 11 is 0. The molecule has 0 aliphatic heterocycles. The number of aliphatic imine (C=N–C) groups is 1. The summed E-state index contributed by atoms with van der Waals surface area (Å²) in [6.07, 6.45) is 3.22. The molecule has 22 heavy (non-hydrogen) atoms. The minimum atomic E-state index is -0.375. The molecule has 0 bridgehead atoms. The summed E-state index contributed by atoms with van der Waals surface area (Å²) in [4.78, 5) is 27.9. The van der Waals surface area contributed by atoms with E-state index in [2.05, 4.69) is 4.99 Å². The number of benzene rings is 1. The van der Waals surface area contributed by atoms with Gasteiger partial charge in [0.15, 0.2) is 12.4 Å². The van der Waals surface area contributed by atoms with Crippen molar-refractivity contribution >= 4 is 17.4 Å². The van der Waals surface area contributed by atoms with Gasteiger partial charge in [-0.1, -0.05) is 32.0 Å². The minimum Gasteiger partial charge on any atom is -0.484 e. The molecule has 0 saturated heterocycles. The number of ether oxygens (including phenoxy) is 1. The predicted molar refractivity (Wildman–Crippen MR) is 86.1 cm³/mol. The first kappa shape index (κ1) is 15.9. The maximum Gasteiger partial charge on any atom is 0.284 e. The van der Waals surface area contributed by atoms with Crippen molar-refractivity contribution in [2.24, 2.45) is 10.9 Å². The van der Waals surface area contributed by atoms with Crippen molar-refractivity contribution in [1.29, 1.82) is 0 Å². The molecule has 0 fully saturated rings. The molecule has 4 heteroatoms. The van der Waals surface area contributed by atoms with Gasteiger partial charge in [-0.2, -0.15) is 0 Å². The summed E-state index contributed by atoms with van der Waals surface area (Å²) < 4.78 is 5.38. The van der Waals surface area contributed by atoms with Crippen LogP contribution in [0.1, 0.15) is 20.8 Å². The van der Waals surface area contributed by atoms with Gasteiger partial charge in [-0.25, -0.2) is 4.99 Å². The lowest BCUT2D eigenvalue weighted by atomic mass is 9.90. The number of para-hydroxylation sites is 1. The van der Waals surface area contributed by atoms with Gasteiger partial charge >= 0.3 is 0 Å². The second kappa shape index (κ2) is 6.98. The second-order valence-corrected chi connectivity index (χ2v) is 5.44. The quantitative estimate of drug-likeness (QED) is 0.802. The third-order valence-corrected chi connectivity index (χ3v) is 3.30. The fourth-order valence-electron chi connectivity index (χ4n) is 2.09. The molecule has 0 aromatic heterocycles. The number of amides is 1. The number of ketones is 1. The molecule has 0 radical (unpaired) electrons. The van der Waals surface area contributed by atoms with E-state index in [1.54, 1.807) is 25.1 Å². The number of hydrogen-bond donors (Lipinski definition) is 0. The number of allylic oxidation sites excluding steroid dienone is 4. The van der Waals surface area contributed by atoms with Crippen LogP contribution in [0.4, 0.5) is 0 Å². The summed E-state index contributed by atoms with van der Waals surface area (Å²) in [5.74, 6) is 0.331. The van der Waals surface area contributed by atoms with E-state index in [4.69, 9.17) is 4.74 Å². The minimum absolute atomic E-state index is 0.0144. The highest BCUT2D eigenvalue weighted by Gasteiger charge is 2.19. The molecular formula is C18H19NO3. The Bertz CT molecular complexity index is 667. The van der Waals surface area contributed by atoms with Crippen molar-refractivity contribution < 1.29 is 14.3 Å². The van der Waals surface area contributed by atoms with Gasteiger partial charge < -0.3 is 4.74 Å². The van der Waals surface area contributed by atoms with Crippen LogP contribution in [0.5, 0.6) is 5.75 Å². The van der Waals surface area contributed by atoms with Crippen LogP contribution in [-0.4, -0.2) is 24.0 Å². The van der Waals surface area contributed by atoms with Crippen LogP contribution in [0.25, 0.3) is 0 Å². The maximum absolute atomic E-state index is 11.9. The normalized spacial score (nSPS) is 16.5. The summed E-state index contributed by atoms with van der Waals surface area (Å²) in [5.41, 5.74) is 1.90. The third kappa shape index (κ3) is 4.01. The van der Waals surface area contributed by atoms with Crippen LogP contribution in [0.2, 0.25) is 0 Å². The predicted octanol–water partition coefficient (Wildman–Crippen LogP) is 3.14. The lowest BCUT2D eigenvalue weighted by molar-refractivity contribution is -0.119. The standard InChI is InChI=1S/C18H19NO3/c1-12(2)15-10-16(13(3)9-17(15)20)19-18(21)11-22-14-7-5-4-6-8-14/h4-10,12H,11H2,1-3H3. The number of nitrogens with zero attached hydrogens (tertiary/aromatic N) is 1. The summed E-state index contributed by atoms with van der Waals surface area (Å²) in [6, 6.07) is 9.11. The maximum atomic E-state index is 11.9. The van der Waals surface area contributed by atoms with E-state index < -0.39 is 0 Å². The molecule has 1 amide bonds. The molecule has 0 N–H and O–H groups in total. The van der Waals surface area contributed by atoms with Crippen LogP contribution in [0, 0.1) is 5.92 Å². The van der Waals surface area contributed by atoms with Gasteiger partial charge in [-0.05, 0) is 42.7 Å². The van der Waals surface area contributed by atoms with Gasteiger partial charge in [-0.3, -0.25) is 9.59 Å². The number of carbonyl (C=O) groups is 2.